The fourth-order valence-corrected chi connectivity index (χ4v) is 3.18. The van der Waals surface area contributed by atoms with Gasteiger partial charge in [-0.05, 0) is 36.4 Å². The average Bonchev–Trinajstić information content (AvgIpc) is 3.17. The molecule has 1 unspecified atom stereocenters. The van der Waals surface area contributed by atoms with Crippen molar-refractivity contribution in [3.63, 3.8) is 0 Å². The molecule has 1 aromatic carbocycles. The molecule has 0 aliphatic rings. The summed E-state index contributed by atoms with van der Waals surface area (Å²) in [4.78, 5) is 25.4. The third-order valence-corrected chi connectivity index (χ3v) is 4.79. The summed E-state index contributed by atoms with van der Waals surface area (Å²) >= 11 is 1.54. The van der Waals surface area contributed by atoms with Crippen LogP contribution in [0.15, 0.2) is 64.8 Å². The van der Waals surface area contributed by atoms with Crippen LogP contribution in [0.5, 0.6) is 0 Å². The molecule has 1 N–H and O–H groups in total. The topological polar surface area (TPSA) is 64.0 Å². The fraction of sp³-hybridized carbons (Fsp3) is 0.211. The van der Waals surface area contributed by atoms with Crippen LogP contribution in [0.25, 0.3) is 10.6 Å². The number of rotatable bonds is 6. The highest BCUT2D eigenvalue weighted by atomic mass is 32.1. The molecule has 2 aromatic heterocycles. The number of carbonyl (C=O) groups is 1. The molecule has 1 atom stereocenters. The number of nitrogens with one attached hydrogen (secondary N) is 1. The van der Waals surface area contributed by atoms with Crippen molar-refractivity contribution in [1.29, 1.82) is 0 Å². The number of carbonyl (C=O) groups excluding carboxylic acids is 1. The van der Waals surface area contributed by atoms with E-state index in [4.69, 9.17) is 0 Å². The van der Waals surface area contributed by atoms with Gasteiger partial charge in [-0.2, -0.15) is 5.10 Å². The molecule has 0 aliphatic heterocycles. The summed E-state index contributed by atoms with van der Waals surface area (Å²) in [5.74, 6) is -0.214. The van der Waals surface area contributed by atoms with Crippen LogP contribution < -0.4 is 10.9 Å². The van der Waals surface area contributed by atoms with Crippen molar-refractivity contribution in [3.05, 3.63) is 75.9 Å². The third-order valence-electron chi connectivity index (χ3n) is 3.90. The van der Waals surface area contributed by atoms with Gasteiger partial charge in [-0.15, -0.1) is 11.3 Å². The Morgan fingerprint density at radius 3 is 2.68 bits per heavy atom. The zero-order valence-corrected chi connectivity index (χ0v) is 14.7. The normalized spacial score (nSPS) is 11.9. The largest absolute Gasteiger partial charge is 0.354 e. The summed E-state index contributed by atoms with van der Waals surface area (Å²) in [6, 6.07) is 16.3. The summed E-state index contributed by atoms with van der Waals surface area (Å²) in [5.41, 5.74) is 1.56. The van der Waals surface area contributed by atoms with Gasteiger partial charge in [-0.25, -0.2) is 4.68 Å². The number of aromatic nitrogens is 2. The molecule has 0 radical (unpaired) electrons. The van der Waals surface area contributed by atoms with E-state index >= 15 is 0 Å². The summed E-state index contributed by atoms with van der Waals surface area (Å²) in [5, 5.41) is 9.18. The lowest BCUT2D eigenvalue weighted by Gasteiger charge is -2.14. The van der Waals surface area contributed by atoms with E-state index in [0.717, 1.165) is 16.9 Å². The van der Waals surface area contributed by atoms with Crippen LogP contribution in [-0.2, 0) is 11.2 Å². The van der Waals surface area contributed by atoms with E-state index in [2.05, 4.69) is 10.4 Å². The molecule has 0 fully saturated rings. The molecule has 0 bridgehead atoms. The summed E-state index contributed by atoms with van der Waals surface area (Å²) in [7, 11) is 0. The molecule has 1 amide bonds. The Labute approximate surface area is 150 Å². The first-order valence-electron chi connectivity index (χ1n) is 8.10. The minimum atomic E-state index is -0.664. The monoisotopic (exact) mass is 353 g/mol. The molecular weight excluding hydrogens is 334 g/mol. The van der Waals surface area contributed by atoms with Crippen molar-refractivity contribution < 1.29 is 4.79 Å². The highest BCUT2D eigenvalue weighted by molar-refractivity contribution is 7.13. The molecule has 6 heteroatoms. The highest BCUT2D eigenvalue weighted by Gasteiger charge is 2.17. The molecule has 25 heavy (non-hydrogen) atoms. The van der Waals surface area contributed by atoms with E-state index in [1.807, 2.05) is 47.8 Å². The number of amides is 1. The molecule has 128 valence electrons. The average molecular weight is 353 g/mol. The fourth-order valence-electron chi connectivity index (χ4n) is 2.49. The second-order valence-electron chi connectivity index (χ2n) is 5.68. The van der Waals surface area contributed by atoms with Gasteiger partial charge in [0.2, 0.25) is 5.91 Å². The minimum Gasteiger partial charge on any atom is -0.354 e. The molecular formula is C19H19N3O2S. The maximum atomic E-state index is 12.4. The van der Waals surface area contributed by atoms with E-state index in [1.165, 1.54) is 10.7 Å². The van der Waals surface area contributed by atoms with Gasteiger partial charge in [0, 0.05) is 12.6 Å². The predicted octanol–water partition coefficient (Wildman–Crippen LogP) is 2.89. The van der Waals surface area contributed by atoms with E-state index in [-0.39, 0.29) is 11.5 Å². The van der Waals surface area contributed by atoms with Crippen LogP contribution in [0.4, 0.5) is 0 Å². The smallest absolute Gasteiger partial charge is 0.267 e. The quantitative estimate of drug-likeness (QED) is 0.741. The second kappa shape index (κ2) is 7.90. The Balaban J connectivity index is 1.67. The molecule has 0 aliphatic carbocycles. The van der Waals surface area contributed by atoms with Gasteiger partial charge >= 0.3 is 0 Å². The molecule has 2 heterocycles. The van der Waals surface area contributed by atoms with E-state index in [9.17, 15) is 9.59 Å². The summed E-state index contributed by atoms with van der Waals surface area (Å²) in [6.07, 6.45) is 0.747. The molecule has 0 saturated heterocycles. The van der Waals surface area contributed by atoms with E-state index in [0.29, 0.717) is 12.2 Å². The van der Waals surface area contributed by atoms with Crippen LogP contribution in [0, 0.1) is 0 Å². The molecule has 3 aromatic rings. The van der Waals surface area contributed by atoms with Gasteiger partial charge in [-0.3, -0.25) is 9.59 Å². The van der Waals surface area contributed by atoms with Crippen molar-refractivity contribution >= 4 is 17.2 Å². The Hall–Kier alpha value is -2.73. The molecule has 3 rings (SSSR count). The van der Waals surface area contributed by atoms with Crippen molar-refractivity contribution in [2.75, 3.05) is 6.54 Å². The van der Waals surface area contributed by atoms with Gasteiger partial charge in [-0.1, -0.05) is 36.4 Å². The maximum absolute atomic E-state index is 12.4. The van der Waals surface area contributed by atoms with Crippen molar-refractivity contribution in [2.24, 2.45) is 0 Å². The maximum Gasteiger partial charge on any atom is 0.267 e. The molecule has 0 saturated carbocycles. The van der Waals surface area contributed by atoms with Gasteiger partial charge in [0.25, 0.3) is 5.56 Å². The molecule has 5 nitrogen and oxygen atoms in total. The standard InChI is InChI=1S/C19H19N3O2S/c1-14(19(24)20-12-11-15-6-3-2-4-7-15)22-18(23)10-9-16(21-22)17-8-5-13-25-17/h2-10,13-14H,11-12H2,1H3,(H,20,24). The lowest BCUT2D eigenvalue weighted by Crippen LogP contribution is -2.37. The van der Waals surface area contributed by atoms with Crippen molar-refractivity contribution in [3.8, 4) is 10.6 Å². The summed E-state index contributed by atoms with van der Waals surface area (Å²) < 4.78 is 1.24. The summed E-state index contributed by atoms with van der Waals surface area (Å²) in [6.45, 7) is 2.21. The second-order valence-corrected chi connectivity index (χ2v) is 6.63. The van der Waals surface area contributed by atoms with Gasteiger partial charge < -0.3 is 5.32 Å². The SMILES string of the molecule is CC(C(=O)NCCc1ccccc1)n1nc(-c2cccs2)ccc1=O. The van der Waals surface area contributed by atoms with Crippen molar-refractivity contribution in [1.82, 2.24) is 15.1 Å². The first-order chi connectivity index (χ1) is 12.1. The number of benzene rings is 1. The Kier molecular flexibility index (Phi) is 5.40. The molecule has 0 spiro atoms. The van der Waals surface area contributed by atoms with Gasteiger partial charge in [0.05, 0.1) is 4.88 Å². The zero-order valence-electron chi connectivity index (χ0n) is 13.9. The van der Waals surface area contributed by atoms with Crippen LogP contribution >= 0.6 is 11.3 Å². The van der Waals surface area contributed by atoms with Crippen LogP contribution in [0.3, 0.4) is 0 Å². The predicted molar refractivity (Wildman–Crippen MR) is 99.7 cm³/mol. The van der Waals surface area contributed by atoms with E-state index in [1.54, 1.807) is 24.3 Å². The van der Waals surface area contributed by atoms with Crippen LogP contribution in [0.1, 0.15) is 18.5 Å². The Morgan fingerprint density at radius 2 is 1.96 bits per heavy atom. The van der Waals surface area contributed by atoms with Crippen LogP contribution in [-0.4, -0.2) is 22.2 Å². The minimum absolute atomic E-state index is 0.214. The Bertz CT molecular complexity index is 889. The number of hydrogen-bond acceptors (Lipinski definition) is 4. The first-order valence-corrected chi connectivity index (χ1v) is 8.98. The van der Waals surface area contributed by atoms with Gasteiger partial charge in [0.15, 0.2) is 0 Å². The lowest BCUT2D eigenvalue weighted by molar-refractivity contribution is -0.124. The van der Waals surface area contributed by atoms with E-state index < -0.39 is 6.04 Å². The van der Waals surface area contributed by atoms with Gasteiger partial charge in [0.1, 0.15) is 11.7 Å². The number of thiophene rings is 1. The first kappa shape index (κ1) is 17.1. The van der Waals surface area contributed by atoms with Crippen molar-refractivity contribution in [2.45, 2.75) is 19.4 Å². The number of nitrogens with zero attached hydrogens (tertiary/aromatic N) is 2. The van der Waals surface area contributed by atoms with Crippen LogP contribution in [0.2, 0.25) is 0 Å². The third kappa shape index (κ3) is 4.22. The Morgan fingerprint density at radius 1 is 1.16 bits per heavy atom. The highest BCUT2D eigenvalue weighted by Crippen LogP contribution is 2.21. The number of hydrogen-bond donors (Lipinski definition) is 1. The lowest BCUT2D eigenvalue weighted by atomic mass is 10.1. The zero-order chi connectivity index (χ0) is 17.6.